The first-order valence-electron chi connectivity index (χ1n) is 7.34. The first-order chi connectivity index (χ1) is 11.9. The van der Waals surface area contributed by atoms with Crippen molar-refractivity contribution in [1.29, 1.82) is 0 Å². The number of carbonyl (C=O) groups excluding carboxylic acids is 2. The van der Waals surface area contributed by atoms with Crippen LogP contribution in [0.25, 0.3) is 0 Å². The zero-order valence-corrected chi connectivity index (χ0v) is 16.9. The van der Waals surface area contributed by atoms with Gasteiger partial charge in [0, 0.05) is 17.6 Å². The van der Waals surface area contributed by atoms with E-state index in [1.807, 2.05) is 25.1 Å². The summed E-state index contributed by atoms with van der Waals surface area (Å²) < 4.78 is 25.3. The maximum Gasteiger partial charge on any atom is 1.00 e. The molecule has 1 heterocycles. The summed E-state index contributed by atoms with van der Waals surface area (Å²) in [6, 6.07) is 14.0. The predicted octanol–water partition coefficient (Wildman–Crippen LogP) is -0.904. The van der Waals surface area contributed by atoms with Gasteiger partial charge in [-0.1, -0.05) is 28.9 Å². The summed E-state index contributed by atoms with van der Waals surface area (Å²) in [4.78, 5) is 25.0. The van der Waals surface area contributed by atoms with Gasteiger partial charge in [0.2, 0.25) is 0 Å². The molecule has 1 aliphatic carbocycles. The second-order valence-electron chi connectivity index (χ2n) is 5.65. The van der Waals surface area contributed by atoms with Gasteiger partial charge in [0.25, 0.3) is 0 Å². The minimum absolute atomic E-state index is 0. The van der Waals surface area contributed by atoms with E-state index in [2.05, 4.69) is 11.4 Å². The van der Waals surface area contributed by atoms with Crippen molar-refractivity contribution >= 4 is 27.9 Å². The van der Waals surface area contributed by atoms with Crippen molar-refractivity contribution in [2.45, 2.75) is 13.3 Å². The smallest absolute Gasteiger partial charge is 0.375 e. The van der Waals surface area contributed by atoms with E-state index in [4.69, 9.17) is 12.6 Å². The molecule has 4 rings (SSSR count). The first-order valence-corrected chi connectivity index (χ1v) is 8.34. The molecule has 1 N–H and O–H groups in total. The van der Waals surface area contributed by atoms with Gasteiger partial charge in [0.1, 0.15) is 0 Å². The van der Waals surface area contributed by atoms with E-state index in [-0.39, 0.29) is 41.1 Å². The standard InChI is InChI=1S/C18H12NO2.Na.O3S/c1-10-6-7-11-9-14(17(20)13(11)8-10)16-18(21)12-4-2-3-5-15(12)19-16;;1-4(2)3/h3-8,19H,9H2,1H3;;/q-1;+1;/b16-14-;;. The number of aryl methyl sites for hydroxylation is 1. The van der Waals surface area contributed by atoms with Crippen molar-refractivity contribution in [1.82, 2.24) is 0 Å². The average molecular weight is 377 g/mol. The minimum atomic E-state index is -3.11. The molecule has 8 heteroatoms. The number of ketones is 2. The summed E-state index contributed by atoms with van der Waals surface area (Å²) >= 11 is 0. The zero-order chi connectivity index (χ0) is 18.1. The normalized spacial score (nSPS) is 16.7. The van der Waals surface area contributed by atoms with Crippen LogP contribution in [0.2, 0.25) is 0 Å². The molecule has 126 valence electrons. The summed E-state index contributed by atoms with van der Waals surface area (Å²) in [5.41, 5.74) is 5.08. The van der Waals surface area contributed by atoms with Gasteiger partial charge in [-0.05, 0) is 18.6 Å². The Kier molecular flexibility index (Phi) is 6.30. The first kappa shape index (κ1) is 20.3. The van der Waals surface area contributed by atoms with E-state index in [1.54, 1.807) is 18.2 Å². The monoisotopic (exact) mass is 377 g/mol. The maximum absolute atomic E-state index is 12.6. The molecule has 2 aliphatic rings. The Balaban J connectivity index is 0.000000444. The van der Waals surface area contributed by atoms with Gasteiger partial charge in [-0.25, -0.2) is 0 Å². The van der Waals surface area contributed by atoms with Crippen LogP contribution >= 0.6 is 0 Å². The fourth-order valence-electron chi connectivity index (χ4n) is 2.96. The summed E-state index contributed by atoms with van der Waals surface area (Å²) in [6.07, 6.45) is 0.514. The van der Waals surface area contributed by atoms with E-state index in [0.29, 0.717) is 23.3 Å². The molecule has 26 heavy (non-hydrogen) atoms. The Bertz CT molecular complexity index is 1050. The van der Waals surface area contributed by atoms with E-state index in [1.165, 1.54) is 0 Å². The van der Waals surface area contributed by atoms with E-state index < -0.39 is 10.6 Å². The number of rotatable bonds is 0. The van der Waals surface area contributed by atoms with Crippen LogP contribution in [0.1, 0.15) is 31.8 Å². The molecule has 0 radical (unpaired) electrons. The molecule has 0 saturated carbocycles. The molecule has 0 unspecified atom stereocenters. The molecule has 0 bridgehead atoms. The van der Waals surface area contributed by atoms with Gasteiger partial charge in [-0.15, -0.1) is 18.7 Å². The van der Waals surface area contributed by atoms with E-state index in [9.17, 15) is 9.59 Å². The number of allylic oxidation sites excluding steroid dienone is 2. The molecule has 0 fully saturated rings. The molecule has 0 saturated heterocycles. The van der Waals surface area contributed by atoms with Gasteiger partial charge in [-0.2, -0.15) is 18.2 Å². The van der Waals surface area contributed by atoms with Crippen molar-refractivity contribution < 1.29 is 51.8 Å². The quantitative estimate of drug-likeness (QED) is 0.363. The Labute approximate surface area is 173 Å². The molecule has 0 spiro atoms. The number of hydrogen-bond donors (Lipinski definition) is 1. The molecule has 6 nitrogen and oxygen atoms in total. The largest absolute Gasteiger partial charge is 1.00 e. The van der Waals surface area contributed by atoms with Crippen LogP contribution < -0.4 is 34.9 Å². The third-order valence-electron chi connectivity index (χ3n) is 4.05. The van der Waals surface area contributed by atoms with Crippen LogP contribution in [0.15, 0.2) is 47.7 Å². The van der Waals surface area contributed by atoms with E-state index >= 15 is 0 Å². The fourth-order valence-corrected chi connectivity index (χ4v) is 2.96. The van der Waals surface area contributed by atoms with Crippen LogP contribution in [0.3, 0.4) is 0 Å². The number of Topliss-reactive ketones (excluding diaryl/α,β-unsaturated/α-hetero) is 2. The number of fused-ring (bicyclic) bond motifs is 2. The van der Waals surface area contributed by atoms with Gasteiger partial charge >= 0.3 is 40.2 Å². The third-order valence-corrected chi connectivity index (χ3v) is 4.05. The Morgan fingerprint density at radius 1 is 1.04 bits per heavy atom. The molecule has 1 aliphatic heterocycles. The number of hydrogen-bond acceptors (Lipinski definition) is 6. The van der Waals surface area contributed by atoms with Crippen molar-refractivity contribution in [2.24, 2.45) is 0 Å². The van der Waals surface area contributed by atoms with Crippen molar-refractivity contribution in [3.8, 4) is 0 Å². The topological polar surface area (TPSA) is 97.4 Å². The van der Waals surface area contributed by atoms with Crippen LogP contribution in [0.5, 0.6) is 0 Å². The summed E-state index contributed by atoms with van der Waals surface area (Å²) in [6.45, 7) is 1.96. The summed E-state index contributed by atoms with van der Waals surface area (Å²) in [5.74, 6) is -0.156. The second kappa shape index (κ2) is 8.09. The molecule has 0 aromatic heterocycles. The molecular weight excluding hydrogens is 365 g/mol. The van der Waals surface area contributed by atoms with Crippen LogP contribution in [0, 0.1) is 13.0 Å². The maximum atomic E-state index is 12.6. The molecule has 0 amide bonds. The van der Waals surface area contributed by atoms with Crippen LogP contribution in [0.4, 0.5) is 5.69 Å². The predicted molar refractivity (Wildman–Crippen MR) is 89.2 cm³/mol. The van der Waals surface area contributed by atoms with Crippen molar-refractivity contribution in [3.63, 3.8) is 0 Å². The van der Waals surface area contributed by atoms with Gasteiger partial charge < -0.3 is 10.1 Å². The molecule has 0 atom stereocenters. The Morgan fingerprint density at radius 2 is 1.73 bits per heavy atom. The van der Waals surface area contributed by atoms with Gasteiger partial charge in [0.15, 0.2) is 11.6 Å². The second-order valence-corrected chi connectivity index (χ2v) is 6.06. The number of anilines is 1. The molecular formula is C18H12NNaO5S. The minimum Gasteiger partial charge on any atom is -0.375 e. The van der Waals surface area contributed by atoms with Gasteiger partial charge in [-0.3, -0.25) is 4.79 Å². The Hall–Kier alpha value is -2.06. The summed E-state index contributed by atoms with van der Waals surface area (Å²) in [7, 11) is -3.11. The number of benzene rings is 2. The SMILES string of the molecule is Cc1ccc2c(c1)C(=O)/C(=C1\Nc3cc[c-]cc3C1=O)C2.O=S(=O)=O.[Na+]. The summed E-state index contributed by atoms with van der Waals surface area (Å²) in [5, 5.41) is 3.10. The van der Waals surface area contributed by atoms with Crippen molar-refractivity contribution in [3.05, 3.63) is 76.0 Å². The van der Waals surface area contributed by atoms with E-state index in [0.717, 1.165) is 22.4 Å². The van der Waals surface area contributed by atoms with Crippen molar-refractivity contribution in [2.75, 3.05) is 5.32 Å². The molecule has 2 aromatic carbocycles. The number of nitrogens with one attached hydrogen (secondary N) is 1. The number of carbonyl (C=O) groups is 2. The zero-order valence-electron chi connectivity index (χ0n) is 14.1. The average Bonchev–Trinajstić information content (AvgIpc) is 3.05. The van der Waals surface area contributed by atoms with Crippen LogP contribution in [-0.2, 0) is 17.0 Å². The molecule has 2 aromatic rings. The third kappa shape index (κ3) is 3.86. The Morgan fingerprint density at radius 3 is 2.38 bits per heavy atom. The van der Waals surface area contributed by atoms with Crippen LogP contribution in [-0.4, -0.2) is 24.2 Å². The van der Waals surface area contributed by atoms with Gasteiger partial charge in [0.05, 0.1) is 5.70 Å². The fraction of sp³-hybridized carbons (Fsp3) is 0.111.